The summed E-state index contributed by atoms with van der Waals surface area (Å²) in [5.74, 6) is 1.43. The Morgan fingerprint density at radius 1 is 1.09 bits per heavy atom. The van der Waals surface area contributed by atoms with Crippen LogP contribution in [-0.4, -0.2) is 31.8 Å². The topological polar surface area (TPSA) is 81.6 Å². The van der Waals surface area contributed by atoms with Gasteiger partial charge in [-0.15, -0.1) is 0 Å². The number of aromatic nitrogens is 4. The molecule has 6 nitrogen and oxygen atoms in total. The molecule has 1 fully saturated rings. The molecule has 0 aliphatic heterocycles. The molecule has 0 bridgehead atoms. The zero-order valence-corrected chi connectivity index (χ0v) is 12.9. The van der Waals surface area contributed by atoms with Crippen LogP contribution in [0.5, 0.6) is 0 Å². The molecule has 0 amide bonds. The van der Waals surface area contributed by atoms with Crippen LogP contribution in [0.15, 0.2) is 42.7 Å². The van der Waals surface area contributed by atoms with Crippen molar-refractivity contribution in [1.82, 2.24) is 19.7 Å². The van der Waals surface area contributed by atoms with Gasteiger partial charge in [-0.25, -0.2) is 9.67 Å². The molecule has 6 heteroatoms. The molecular weight excluding hydrogens is 288 g/mol. The largest absolute Gasteiger partial charge is 0.351 e. The minimum Gasteiger partial charge on any atom is -0.351 e. The number of nitrogens with two attached hydrogens (primary N) is 1. The molecule has 0 unspecified atom stereocenters. The van der Waals surface area contributed by atoms with Crippen molar-refractivity contribution in [2.24, 2.45) is 5.73 Å². The average Bonchev–Trinajstić information content (AvgIpc) is 3.01. The van der Waals surface area contributed by atoms with Crippen LogP contribution in [0.25, 0.3) is 16.7 Å². The fourth-order valence-electron chi connectivity index (χ4n) is 3.14. The minimum atomic E-state index is 0.343. The molecule has 3 aromatic rings. The summed E-state index contributed by atoms with van der Waals surface area (Å²) in [6.07, 6.45) is 7.88. The van der Waals surface area contributed by atoms with Crippen LogP contribution in [0.3, 0.4) is 0 Å². The average molecular weight is 308 g/mol. The second-order valence-electron chi connectivity index (χ2n) is 6.11. The van der Waals surface area contributed by atoms with Crippen molar-refractivity contribution >= 4 is 16.9 Å². The molecule has 23 heavy (non-hydrogen) atoms. The number of nitrogens with one attached hydrogen (secondary N) is 1. The van der Waals surface area contributed by atoms with Crippen molar-refractivity contribution < 1.29 is 0 Å². The number of fused-ring (bicyclic) bond motifs is 1. The Morgan fingerprint density at radius 3 is 2.78 bits per heavy atom. The molecule has 118 valence electrons. The lowest BCUT2D eigenvalue weighted by Crippen LogP contribution is -2.33. The molecule has 1 aliphatic carbocycles. The molecule has 1 saturated carbocycles. The maximum Gasteiger partial charge on any atom is 0.224 e. The van der Waals surface area contributed by atoms with Crippen molar-refractivity contribution in [3.8, 4) is 5.82 Å². The second-order valence-corrected chi connectivity index (χ2v) is 6.11. The monoisotopic (exact) mass is 308 g/mol. The van der Waals surface area contributed by atoms with E-state index in [0.717, 1.165) is 42.4 Å². The Labute approximate surface area is 134 Å². The SMILES string of the molecule is NC1CCC(Nc2nccc(-n3ncc4ccccc43)n2)CC1. The summed E-state index contributed by atoms with van der Waals surface area (Å²) in [5.41, 5.74) is 7.00. The molecule has 2 aromatic heterocycles. The first-order valence-corrected chi connectivity index (χ1v) is 8.08. The van der Waals surface area contributed by atoms with Gasteiger partial charge < -0.3 is 11.1 Å². The fraction of sp³-hybridized carbons (Fsp3) is 0.353. The maximum absolute atomic E-state index is 5.96. The Kier molecular flexibility index (Phi) is 3.67. The summed E-state index contributed by atoms with van der Waals surface area (Å²) in [4.78, 5) is 8.97. The number of anilines is 1. The van der Waals surface area contributed by atoms with E-state index < -0.39 is 0 Å². The lowest BCUT2D eigenvalue weighted by Gasteiger charge is -2.26. The van der Waals surface area contributed by atoms with Gasteiger partial charge in [0.15, 0.2) is 5.82 Å². The van der Waals surface area contributed by atoms with Crippen molar-refractivity contribution in [3.05, 3.63) is 42.7 Å². The van der Waals surface area contributed by atoms with Crippen LogP contribution in [0, 0.1) is 0 Å². The van der Waals surface area contributed by atoms with Gasteiger partial charge in [0.05, 0.1) is 11.7 Å². The predicted molar refractivity (Wildman–Crippen MR) is 90.5 cm³/mol. The van der Waals surface area contributed by atoms with Crippen LogP contribution < -0.4 is 11.1 Å². The van der Waals surface area contributed by atoms with Crippen LogP contribution >= 0.6 is 0 Å². The van der Waals surface area contributed by atoms with Gasteiger partial charge in [-0.3, -0.25) is 0 Å². The molecule has 0 radical (unpaired) electrons. The fourth-order valence-corrected chi connectivity index (χ4v) is 3.14. The minimum absolute atomic E-state index is 0.343. The van der Waals surface area contributed by atoms with E-state index in [-0.39, 0.29) is 0 Å². The quantitative estimate of drug-likeness (QED) is 0.777. The first-order valence-electron chi connectivity index (χ1n) is 8.08. The predicted octanol–water partition coefficient (Wildman–Crippen LogP) is 2.50. The lowest BCUT2D eigenvalue weighted by atomic mass is 9.92. The number of hydrogen-bond acceptors (Lipinski definition) is 5. The molecule has 0 saturated heterocycles. The molecule has 2 heterocycles. The van der Waals surface area contributed by atoms with Gasteiger partial charge in [0.25, 0.3) is 0 Å². The summed E-state index contributed by atoms with van der Waals surface area (Å²) in [6, 6.07) is 10.7. The van der Waals surface area contributed by atoms with Crippen LogP contribution in [-0.2, 0) is 0 Å². The Morgan fingerprint density at radius 2 is 1.91 bits per heavy atom. The lowest BCUT2D eigenvalue weighted by molar-refractivity contribution is 0.410. The van der Waals surface area contributed by atoms with Gasteiger partial charge in [-0.1, -0.05) is 18.2 Å². The van der Waals surface area contributed by atoms with E-state index in [1.165, 1.54) is 0 Å². The van der Waals surface area contributed by atoms with Crippen LogP contribution in [0.1, 0.15) is 25.7 Å². The molecular formula is C17H20N6. The summed E-state index contributed by atoms with van der Waals surface area (Å²) >= 11 is 0. The third-order valence-electron chi connectivity index (χ3n) is 4.44. The first kappa shape index (κ1) is 14.1. The number of hydrogen-bond donors (Lipinski definition) is 2. The van der Waals surface area contributed by atoms with Crippen molar-refractivity contribution in [2.45, 2.75) is 37.8 Å². The summed E-state index contributed by atoms with van der Waals surface area (Å²) in [7, 11) is 0. The molecule has 1 aromatic carbocycles. The highest BCUT2D eigenvalue weighted by Crippen LogP contribution is 2.21. The first-order chi connectivity index (χ1) is 11.3. The zero-order valence-electron chi connectivity index (χ0n) is 12.9. The Bertz CT molecular complexity index is 803. The molecule has 3 N–H and O–H groups in total. The number of rotatable bonds is 3. The van der Waals surface area contributed by atoms with E-state index in [1.807, 2.05) is 41.2 Å². The normalized spacial score (nSPS) is 21.4. The van der Waals surface area contributed by atoms with Crippen LogP contribution in [0.2, 0.25) is 0 Å². The highest BCUT2D eigenvalue weighted by molar-refractivity contribution is 5.79. The maximum atomic E-state index is 5.96. The molecule has 0 spiro atoms. The molecule has 0 atom stereocenters. The van der Waals surface area contributed by atoms with Gasteiger partial charge in [-0.2, -0.15) is 10.1 Å². The number of nitrogens with zero attached hydrogens (tertiary/aromatic N) is 4. The molecule has 4 rings (SSSR count). The van der Waals surface area contributed by atoms with E-state index in [2.05, 4.69) is 20.4 Å². The Hall–Kier alpha value is -2.47. The van der Waals surface area contributed by atoms with Gasteiger partial charge in [0.2, 0.25) is 5.95 Å². The highest BCUT2D eigenvalue weighted by Gasteiger charge is 2.19. The van der Waals surface area contributed by atoms with E-state index in [1.54, 1.807) is 6.20 Å². The van der Waals surface area contributed by atoms with Gasteiger partial charge in [0, 0.05) is 29.7 Å². The molecule has 1 aliphatic rings. The second kappa shape index (κ2) is 5.96. The van der Waals surface area contributed by atoms with Crippen molar-refractivity contribution in [2.75, 3.05) is 5.32 Å². The summed E-state index contributed by atoms with van der Waals surface area (Å²) in [6.45, 7) is 0. The van der Waals surface area contributed by atoms with Gasteiger partial charge >= 0.3 is 0 Å². The Balaban J connectivity index is 1.59. The van der Waals surface area contributed by atoms with E-state index in [4.69, 9.17) is 5.73 Å². The van der Waals surface area contributed by atoms with E-state index in [0.29, 0.717) is 18.0 Å². The van der Waals surface area contributed by atoms with Crippen molar-refractivity contribution in [1.29, 1.82) is 0 Å². The van der Waals surface area contributed by atoms with Crippen LogP contribution in [0.4, 0.5) is 5.95 Å². The van der Waals surface area contributed by atoms with E-state index >= 15 is 0 Å². The van der Waals surface area contributed by atoms with E-state index in [9.17, 15) is 0 Å². The standard InChI is InChI=1S/C17H20N6/c18-13-5-7-14(8-6-13)21-17-19-10-9-16(22-17)23-15-4-2-1-3-12(15)11-20-23/h1-4,9-11,13-14H,5-8,18H2,(H,19,21,22). The third-order valence-corrected chi connectivity index (χ3v) is 4.44. The van der Waals surface area contributed by atoms with Gasteiger partial charge in [0.1, 0.15) is 0 Å². The number of benzene rings is 1. The third kappa shape index (κ3) is 2.90. The van der Waals surface area contributed by atoms with Crippen molar-refractivity contribution in [3.63, 3.8) is 0 Å². The summed E-state index contributed by atoms with van der Waals surface area (Å²) < 4.78 is 1.85. The highest BCUT2D eigenvalue weighted by atomic mass is 15.3. The smallest absolute Gasteiger partial charge is 0.224 e. The number of para-hydroxylation sites is 1. The summed E-state index contributed by atoms with van der Waals surface area (Å²) in [5, 5.41) is 8.98. The zero-order chi connectivity index (χ0) is 15.6. The van der Waals surface area contributed by atoms with Gasteiger partial charge in [-0.05, 0) is 31.7 Å².